The van der Waals surface area contributed by atoms with Crippen molar-refractivity contribution in [1.29, 1.82) is 0 Å². The highest BCUT2D eigenvalue weighted by atomic mass is 16.5. The number of hydrogen-bond acceptors (Lipinski definition) is 4. The van der Waals surface area contributed by atoms with E-state index in [-0.39, 0.29) is 17.9 Å². The molecule has 1 amide bonds. The number of nitrogens with one attached hydrogen (secondary N) is 1. The molecule has 3 aromatic carbocycles. The first-order valence-corrected chi connectivity index (χ1v) is 13.8. The minimum absolute atomic E-state index is 0.164. The van der Waals surface area contributed by atoms with Gasteiger partial charge in [0, 0.05) is 16.8 Å². The van der Waals surface area contributed by atoms with Crippen molar-refractivity contribution in [3.63, 3.8) is 0 Å². The van der Waals surface area contributed by atoms with Gasteiger partial charge in [-0.1, -0.05) is 93.9 Å². The lowest BCUT2D eigenvalue weighted by atomic mass is 9.68. The molecule has 1 unspecified atom stereocenters. The van der Waals surface area contributed by atoms with Crippen molar-refractivity contribution in [2.45, 2.75) is 52.9 Å². The van der Waals surface area contributed by atoms with E-state index in [1.54, 1.807) is 0 Å². The molecule has 1 heterocycles. The number of carbonyl (C=O) groups excluding carboxylic acids is 2. The zero-order chi connectivity index (χ0) is 27.4. The van der Waals surface area contributed by atoms with E-state index in [4.69, 9.17) is 9.72 Å². The highest BCUT2D eigenvalue weighted by molar-refractivity contribution is 6.06. The lowest BCUT2D eigenvalue weighted by Gasteiger charge is -2.37. The summed E-state index contributed by atoms with van der Waals surface area (Å²) in [6.45, 7) is 6.47. The molecule has 0 aliphatic heterocycles. The van der Waals surface area contributed by atoms with E-state index in [9.17, 15) is 9.59 Å². The minimum Gasteiger partial charge on any atom is -0.452 e. The van der Waals surface area contributed by atoms with Crippen LogP contribution in [0.2, 0.25) is 0 Å². The fraction of sp³-hybridized carbons (Fsp3) is 0.324. The van der Waals surface area contributed by atoms with Crippen molar-refractivity contribution in [3.8, 4) is 0 Å². The molecule has 39 heavy (non-hydrogen) atoms. The van der Waals surface area contributed by atoms with Crippen molar-refractivity contribution >= 4 is 28.5 Å². The zero-order valence-corrected chi connectivity index (χ0v) is 23.0. The Morgan fingerprint density at radius 2 is 1.69 bits per heavy atom. The van der Waals surface area contributed by atoms with E-state index in [1.807, 2.05) is 66.7 Å². The Balaban J connectivity index is 1.35. The zero-order valence-electron chi connectivity index (χ0n) is 23.0. The van der Waals surface area contributed by atoms with E-state index in [2.05, 4.69) is 38.2 Å². The quantitative estimate of drug-likeness (QED) is 0.250. The molecule has 1 aliphatic carbocycles. The van der Waals surface area contributed by atoms with Gasteiger partial charge in [0.2, 0.25) is 0 Å². The van der Waals surface area contributed by atoms with Gasteiger partial charge in [0.25, 0.3) is 5.91 Å². The number of aryl methyl sites for hydroxylation is 1. The van der Waals surface area contributed by atoms with Crippen LogP contribution < -0.4 is 5.32 Å². The first kappa shape index (κ1) is 26.6. The maximum absolute atomic E-state index is 13.6. The number of aromatic nitrogens is 1. The van der Waals surface area contributed by atoms with Gasteiger partial charge in [-0.05, 0) is 65.8 Å². The lowest BCUT2D eigenvalue weighted by Crippen LogP contribution is -2.31. The van der Waals surface area contributed by atoms with Crippen LogP contribution in [-0.2, 0) is 28.8 Å². The molecule has 5 rings (SSSR count). The first-order valence-electron chi connectivity index (χ1n) is 13.8. The van der Waals surface area contributed by atoms with Gasteiger partial charge in [-0.2, -0.15) is 0 Å². The van der Waals surface area contributed by atoms with Crippen molar-refractivity contribution in [1.82, 2.24) is 4.98 Å². The molecule has 0 radical (unpaired) electrons. The van der Waals surface area contributed by atoms with E-state index in [0.717, 1.165) is 64.7 Å². The van der Waals surface area contributed by atoms with Crippen molar-refractivity contribution in [2.75, 3.05) is 11.9 Å². The van der Waals surface area contributed by atoms with Gasteiger partial charge < -0.3 is 10.1 Å². The van der Waals surface area contributed by atoms with E-state index < -0.39 is 5.97 Å². The summed E-state index contributed by atoms with van der Waals surface area (Å²) >= 11 is 0. The molecule has 5 nitrogen and oxygen atoms in total. The Hall–Kier alpha value is -3.99. The number of nitrogens with zero attached hydrogens (tertiary/aromatic N) is 1. The Morgan fingerprint density at radius 3 is 2.49 bits per heavy atom. The SMILES string of the molecule is CCC(C)(C)C1CCc2nc3ccccc3c(C(=O)OCC(=O)Nc3ccccc3Cc3ccccc3)c2C1. The molecule has 1 aliphatic rings. The second-order valence-corrected chi connectivity index (χ2v) is 11.2. The Morgan fingerprint density at radius 1 is 0.974 bits per heavy atom. The third-order valence-electron chi connectivity index (χ3n) is 8.34. The number of para-hydroxylation sites is 2. The molecule has 1 aromatic heterocycles. The summed E-state index contributed by atoms with van der Waals surface area (Å²) < 4.78 is 5.66. The molecule has 5 heteroatoms. The van der Waals surface area contributed by atoms with Crippen molar-refractivity contribution < 1.29 is 14.3 Å². The highest BCUT2D eigenvalue weighted by Crippen LogP contribution is 2.41. The van der Waals surface area contributed by atoms with E-state index >= 15 is 0 Å². The largest absolute Gasteiger partial charge is 0.452 e. The number of anilines is 1. The second-order valence-electron chi connectivity index (χ2n) is 11.2. The number of rotatable bonds is 8. The Labute approximate surface area is 230 Å². The number of esters is 1. The Kier molecular flexibility index (Phi) is 7.78. The smallest absolute Gasteiger partial charge is 0.339 e. The Bertz CT molecular complexity index is 1490. The van der Waals surface area contributed by atoms with E-state index in [0.29, 0.717) is 17.9 Å². The van der Waals surface area contributed by atoms with Crippen LogP contribution >= 0.6 is 0 Å². The monoisotopic (exact) mass is 520 g/mol. The van der Waals surface area contributed by atoms with Crippen LogP contribution in [0.25, 0.3) is 10.9 Å². The molecule has 0 fully saturated rings. The van der Waals surface area contributed by atoms with Gasteiger partial charge in [0.1, 0.15) is 0 Å². The number of pyridine rings is 1. The summed E-state index contributed by atoms with van der Waals surface area (Å²) in [5.41, 5.74) is 6.34. The average molecular weight is 521 g/mol. The predicted octanol–water partition coefficient (Wildman–Crippen LogP) is 7.16. The molecule has 4 aromatic rings. The summed E-state index contributed by atoms with van der Waals surface area (Å²) in [5, 5.41) is 3.73. The molecule has 0 spiro atoms. The molecular weight excluding hydrogens is 484 g/mol. The predicted molar refractivity (Wildman–Crippen MR) is 156 cm³/mol. The lowest BCUT2D eigenvalue weighted by molar-refractivity contribution is -0.119. The third kappa shape index (κ3) is 5.88. The van der Waals surface area contributed by atoms with Crippen LogP contribution in [0.3, 0.4) is 0 Å². The van der Waals surface area contributed by atoms with Crippen LogP contribution in [0.5, 0.6) is 0 Å². The minimum atomic E-state index is -0.465. The van der Waals surface area contributed by atoms with Crippen LogP contribution in [0.15, 0.2) is 78.9 Å². The maximum Gasteiger partial charge on any atom is 0.339 e. The summed E-state index contributed by atoms with van der Waals surface area (Å²) in [6.07, 6.45) is 4.45. The summed E-state index contributed by atoms with van der Waals surface area (Å²) in [5.74, 6) is -0.373. The van der Waals surface area contributed by atoms with Gasteiger partial charge >= 0.3 is 5.97 Å². The van der Waals surface area contributed by atoms with Gasteiger partial charge in [0.15, 0.2) is 6.61 Å². The standard InChI is InChI=1S/C34H36N2O3/c1-4-34(2,3)25-18-19-30-27(21-25)32(26-15-9-11-17-29(26)35-30)33(38)39-22-31(37)36-28-16-10-8-14-24(28)20-23-12-6-5-7-13-23/h5-17,25H,4,18-22H2,1-3H3,(H,36,37). The van der Waals surface area contributed by atoms with Crippen LogP contribution in [-0.4, -0.2) is 23.5 Å². The van der Waals surface area contributed by atoms with Crippen molar-refractivity contribution in [3.05, 3.63) is 107 Å². The summed E-state index contributed by atoms with van der Waals surface area (Å²) in [4.78, 5) is 31.4. The van der Waals surface area contributed by atoms with Crippen LogP contribution in [0.1, 0.15) is 66.4 Å². The maximum atomic E-state index is 13.6. The van der Waals surface area contributed by atoms with Crippen molar-refractivity contribution in [2.24, 2.45) is 11.3 Å². The number of fused-ring (bicyclic) bond motifs is 2. The molecule has 0 saturated heterocycles. The molecule has 0 saturated carbocycles. The number of amides is 1. The summed E-state index contributed by atoms with van der Waals surface area (Å²) in [7, 11) is 0. The molecular formula is C34H36N2O3. The van der Waals surface area contributed by atoms with E-state index in [1.165, 1.54) is 0 Å². The number of ether oxygens (including phenoxy) is 1. The van der Waals surface area contributed by atoms with Gasteiger partial charge in [-0.15, -0.1) is 0 Å². The summed E-state index contributed by atoms with van der Waals surface area (Å²) in [6, 6.07) is 25.5. The van der Waals surface area contributed by atoms with Gasteiger partial charge in [-0.3, -0.25) is 9.78 Å². The number of carbonyl (C=O) groups is 2. The molecule has 200 valence electrons. The molecule has 1 N–H and O–H groups in total. The normalized spacial score (nSPS) is 15.0. The first-order chi connectivity index (χ1) is 18.9. The fourth-order valence-corrected chi connectivity index (χ4v) is 5.58. The second kappa shape index (κ2) is 11.4. The van der Waals surface area contributed by atoms with Crippen LogP contribution in [0.4, 0.5) is 5.69 Å². The average Bonchev–Trinajstić information content (AvgIpc) is 2.96. The highest BCUT2D eigenvalue weighted by Gasteiger charge is 2.34. The van der Waals surface area contributed by atoms with Gasteiger partial charge in [0.05, 0.1) is 11.1 Å². The van der Waals surface area contributed by atoms with Crippen LogP contribution in [0, 0.1) is 11.3 Å². The number of benzene rings is 3. The van der Waals surface area contributed by atoms with Gasteiger partial charge in [-0.25, -0.2) is 4.79 Å². The molecule has 1 atom stereocenters. The fourth-order valence-electron chi connectivity index (χ4n) is 5.58. The third-order valence-corrected chi connectivity index (χ3v) is 8.34. The number of hydrogen-bond donors (Lipinski definition) is 1. The molecule has 0 bridgehead atoms. The topological polar surface area (TPSA) is 68.3 Å².